The highest BCUT2D eigenvalue weighted by Gasteiger charge is 2.08. The van der Waals surface area contributed by atoms with Gasteiger partial charge in [-0.3, -0.25) is 4.79 Å². The molecule has 1 aromatic heterocycles. The van der Waals surface area contributed by atoms with Gasteiger partial charge in [-0.15, -0.1) is 0 Å². The molecule has 0 saturated heterocycles. The Kier molecular flexibility index (Phi) is 5.46. The molecule has 3 aromatic rings. The number of hydrogen-bond donors (Lipinski definition) is 0. The zero-order chi connectivity index (χ0) is 17.5. The number of methoxy groups -OCH3 is 1. The van der Waals surface area contributed by atoms with Gasteiger partial charge in [-0.05, 0) is 29.8 Å². The summed E-state index contributed by atoms with van der Waals surface area (Å²) in [5, 5.41) is 4.28. The SMILES string of the molecule is COc1ccc(CCOC(=O)Cc2cnn(-c3ccccc3)c2)cc1. The molecule has 0 N–H and O–H groups in total. The van der Waals surface area contributed by atoms with Gasteiger partial charge in [0.2, 0.25) is 0 Å². The Hall–Kier alpha value is -3.08. The Morgan fingerprint density at radius 2 is 1.80 bits per heavy atom. The van der Waals surface area contributed by atoms with Crippen LogP contribution in [-0.4, -0.2) is 29.5 Å². The highest BCUT2D eigenvalue weighted by Crippen LogP contribution is 2.12. The molecule has 5 nitrogen and oxygen atoms in total. The summed E-state index contributed by atoms with van der Waals surface area (Å²) in [5.74, 6) is 0.567. The van der Waals surface area contributed by atoms with E-state index < -0.39 is 0 Å². The van der Waals surface area contributed by atoms with Gasteiger partial charge in [0.05, 0.1) is 32.0 Å². The molecule has 0 unspecified atom stereocenters. The first-order valence-electron chi connectivity index (χ1n) is 8.12. The summed E-state index contributed by atoms with van der Waals surface area (Å²) >= 11 is 0. The minimum Gasteiger partial charge on any atom is -0.497 e. The molecule has 0 spiro atoms. The highest BCUT2D eigenvalue weighted by atomic mass is 16.5. The lowest BCUT2D eigenvalue weighted by Gasteiger charge is -2.05. The van der Waals surface area contributed by atoms with Crippen LogP contribution in [-0.2, 0) is 22.4 Å². The van der Waals surface area contributed by atoms with Crippen molar-refractivity contribution in [3.8, 4) is 11.4 Å². The number of carbonyl (C=O) groups excluding carboxylic acids is 1. The lowest BCUT2D eigenvalue weighted by molar-refractivity contribution is -0.142. The first kappa shape index (κ1) is 16.8. The molecule has 1 heterocycles. The third-order valence-corrected chi connectivity index (χ3v) is 3.82. The topological polar surface area (TPSA) is 53.4 Å². The molecule has 3 rings (SSSR count). The fraction of sp³-hybridized carbons (Fsp3) is 0.200. The standard InChI is InChI=1S/C20H20N2O3/c1-24-19-9-7-16(8-10-19)11-12-25-20(23)13-17-14-21-22(15-17)18-5-3-2-4-6-18/h2-10,14-15H,11-13H2,1H3. The molecule has 128 valence electrons. The summed E-state index contributed by atoms with van der Waals surface area (Å²) in [6, 6.07) is 17.5. The van der Waals surface area contributed by atoms with Crippen LogP contribution < -0.4 is 4.74 Å². The van der Waals surface area contributed by atoms with Crippen LogP contribution >= 0.6 is 0 Å². The smallest absolute Gasteiger partial charge is 0.310 e. The second-order valence-corrected chi connectivity index (χ2v) is 5.62. The Morgan fingerprint density at radius 3 is 2.52 bits per heavy atom. The minimum absolute atomic E-state index is 0.218. The van der Waals surface area contributed by atoms with Gasteiger partial charge in [-0.2, -0.15) is 5.10 Å². The predicted octanol–water partition coefficient (Wildman–Crippen LogP) is 3.21. The maximum Gasteiger partial charge on any atom is 0.310 e. The van der Waals surface area contributed by atoms with Gasteiger partial charge in [0.25, 0.3) is 0 Å². The molecule has 0 amide bonds. The molecule has 0 aliphatic heterocycles. The van der Waals surface area contributed by atoms with Gasteiger partial charge in [-0.1, -0.05) is 30.3 Å². The third-order valence-electron chi connectivity index (χ3n) is 3.82. The molecule has 0 radical (unpaired) electrons. The van der Waals surface area contributed by atoms with Crippen LogP contribution in [0.2, 0.25) is 0 Å². The largest absolute Gasteiger partial charge is 0.497 e. The summed E-state index contributed by atoms with van der Waals surface area (Å²) in [7, 11) is 1.64. The molecule has 0 aliphatic carbocycles. The summed E-state index contributed by atoms with van der Waals surface area (Å²) < 4.78 is 12.2. The van der Waals surface area contributed by atoms with E-state index in [1.807, 2.05) is 60.8 Å². The highest BCUT2D eigenvalue weighted by molar-refractivity contribution is 5.72. The molecule has 2 aromatic carbocycles. The van der Waals surface area contributed by atoms with Crippen molar-refractivity contribution in [2.75, 3.05) is 13.7 Å². The number of hydrogen-bond acceptors (Lipinski definition) is 4. The maximum atomic E-state index is 12.0. The number of ether oxygens (including phenoxy) is 2. The van der Waals surface area contributed by atoms with E-state index >= 15 is 0 Å². The summed E-state index contributed by atoms with van der Waals surface area (Å²) in [6.07, 6.45) is 4.44. The molecule has 0 atom stereocenters. The van der Waals surface area contributed by atoms with E-state index in [0.29, 0.717) is 13.0 Å². The van der Waals surface area contributed by atoms with Crippen molar-refractivity contribution in [1.29, 1.82) is 0 Å². The molecule has 0 saturated carbocycles. The normalized spacial score (nSPS) is 10.4. The van der Waals surface area contributed by atoms with Crippen molar-refractivity contribution in [2.24, 2.45) is 0 Å². The molecular weight excluding hydrogens is 316 g/mol. The average Bonchev–Trinajstić information content (AvgIpc) is 3.11. The monoisotopic (exact) mass is 336 g/mol. The zero-order valence-corrected chi connectivity index (χ0v) is 14.1. The summed E-state index contributed by atoms with van der Waals surface area (Å²) in [5.41, 5.74) is 2.89. The van der Waals surface area contributed by atoms with Crippen LogP contribution in [0.5, 0.6) is 5.75 Å². The number of aromatic nitrogens is 2. The first-order chi connectivity index (χ1) is 12.2. The molecular formula is C20H20N2O3. The van der Waals surface area contributed by atoms with Gasteiger partial charge >= 0.3 is 5.97 Å². The second kappa shape index (κ2) is 8.15. The van der Waals surface area contributed by atoms with Crippen LogP contribution in [0, 0.1) is 0 Å². The fourth-order valence-electron chi connectivity index (χ4n) is 2.47. The van der Waals surface area contributed by atoms with Crippen molar-refractivity contribution in [3.63, 3.8) is 0 Å². The second-order valence-electron chi connectivity index (χ2n) is 5.62. The van der Waals surface area contributed by atoms with E-state index in [1.165, 1.54) is 0 Å². The minimum atomic E-state index is -0.249. The Bertz CT molecular complexity index is 810. The Balaban J connectivity index is 1.47. The number of carbonyl (C=O) groups is 1. The van der Waals surface area contributed by atoms with Crippen LogP contribution in [0.25, 0.3) is 5.69 Å². The van der Waals surface area contributed by atoms with Crippen LogP contribution in [0.15, 0.2) is 67.0 Å². The average molecular weight is 336 g/mol. The van der Waals surface area contributed by atoms with E-state index in [9.17, 15) is 4.79 Å². The third kappa shape index (κ3) is 4.70. The molecule has 0 fully saturated rings. The molecule has 0 bridgehead atoms. The maximum absolute atomic E-state index is 12.0. The number of benzene rings is 2. The van der Waals surface area contributed by atoms with E-state index in [1.54, 1.807) is 18.0 Å². The van der Waals surface area contributed by atoms with Gasteiger partial charge in [0.15, 0.2) is 0 Å². The van der Waals surface area contributed by atoms with Gasteiger partial charge < -0.3 is 9.47 Å². The lowest BCUT2D eigenvalue weighted by Crippen LogP contribution is -2.10. The van der Waals surface area contributed by atoms with E-state index in [0.717, 1.165) is 22.6 Å². The Morgan fingerprint density at radius 1 is 1.04 bits per heavy atom. The van der Waals surface area contributed by atoms with Crippen molar-refractivity contribution < 1.29 is 14.3 Å². The number of para-hydroxylation sites is 1. The van der Waals surface area contributed by atoms with Gasteiger partial charge in [0.1, 0.15) is 5.75 Å². The van der Waals surface area contributed by atoms with E-state index in [2.05, 4.69) is 5.10 Å². The lowest BCUT2D eigenvalue weighted by atomic mass is 10.1. The van der Waals surface area contributed by atoms with Crippen LogP contribution in [0.4, 0.5) is 0 Å². The molecule has 0 aliphatic rings. The summed E-state index contributed by atoms with van der Waals surface area (Å²) in [6.45, 7) is 0.359. The first-order valence-corrected chi connectivity index (χ1v) is 8.12. The van der Waals surface area contributed by atoms with Gasteiger partial charge in [0, 0.05) is 18.2 Å². The van der Waals surface area contributed by atoms with Crippen LogP contribution in [0.3, 0.4) is 0 Å². The number of nitrogens with zero attached hydrogens (tertiary/aromatic N) is 2. The Labute approximate surface area is 146 Å². The fourth-order valence-corrected chi connectivity index (χ4v) is 2.47. The molecule has 5 heteroatoms. The predicted molar refractivity (Wildman–Crippen MR) is 94.9 cm³/mol. The van der Waals surface area contributed by atoms with Crippen molar-refractivity contribution in [2.45, 2.75) is 12.8 Å². The van der Waals surface area contributed by atoms with Gasteiger partial charge in [-0.25, -0.2) is 4.68 Å². The number of rotatable bonds is 7. The van der Waals surface area contributed by atoms with Crippen molar-refractivity contribution >= 4 is 5.97 Å². The quantitative estimate of drug-likeness (QED) is 0.622. The summed E-state index contributed by atoms with van der Waals surface area (Å²) in [4.78, 5) is 12.0. The van der Waals surface area contributed by atoms with Crippen molar-refractivity contribution in [3.05, 3.63) is 78.1 Å². The molecule has 25 heavy (non-hydrogen) atoms. The zero-order valence-electron chi connectivity index (χ0n) is 14.1. The van der Waals surface area contributed by atoms with Crippen LogP contribution in [0.1, 0.15) is 11.1 Å². The van der Waals surface area contributed by atoms with E-state index in [-0.39, 0.29) is 12.4 Å². The van der Waals surface area contributed by atoms with Crippen molar-refractivity contribution in [1.82, 2.24) is 9.78 Å². The van der Waals surface area contributed by atoms with E-state index in [4.69, 9.17) is 9.47 Å². The number of esters is 1.